The molecule has 0 saturated carbocycles. The summed E-state index contributed by atoms with van der Waals surface area (Å²) in [6.07, 6.45) is 2.74. The lowest BCUT2D eigenvalue weighted by atomic mass is 10.0. The van der Waals surface area contributed by atoms with Gasteiger partial charge in [-0.05, 0) is 53.1 Å². The van der Waals surface area contributed by atoms with Gasteiger partial charge in [-0.2, -0.15) is 0 Å². The molecule has 0 saturated heterocycles. The van der Waals surface area contributed by atoms with Gasteiger partial charge in [0.25, 0.3) is 0 Å². The number of aromatic nitrogens is 1. The third kappa shape index (κ3) is 4.08. The summed E-state index contributed by atoms with van der Waals surface area (Å²) in [5, 5.41) is 3.16. The fourth-order valence-electron chi connectivity index (χ4n) is 3.28. The first-order valence-corrected chi connectivity index (χ1v) is 10.2. The Morgan fingerprint density at radius 3 is 2.72 bits per heavy atom. The van der Waals surface area contributed by atoms with Crippen LogP contribution in [0.3, 0.4) is 0 Å². The molecule has 0 aliphatic rings. The van der Waals surface area contributed by atoms with Crippen LogP contribution in [-0.2, 0) is 11.2 Å². The molecule has 0 unspecified atom stereocenters. The molecule has 3 aromatic carbocycles. The number of hydrogen-bond acceptors (Lipinski definition) is 4. The number of fused-ring (bicyclic) bond motifs is 2. The van der Waals surface area contributed by atoms with Crippen LogP contribution in [0.15, 0.2) is 71.8 Å². The lowest BCUT2D eigenvalue weighted by Crippen LogP contribution is -2.00. The molecule has 0 amide bonds. The summed E-state index contributed by atoms with van der Waals surface area (Å²) in [7, 11) is 1.39. The van der Waals surface area contributed by atoms with Gasteiger partial charge in [0.15, 0.2) is 5.69 Å². The maximum absolute atomic E-state index is 11.7. The maximum atomic E-state index is 11.7. The van der Waals surface area contributed by atoms with Gasteiger partial charge in [0.05, 0.1) is 24.8 Å². The van der Waals surface area contributed by atoms with Gasteiger partial charge < -0.3 is 4.74 Å². The molecule has 4 rings (SSSR count). The number of hydrogen-bond donors (Lipinski definition) is 0. The highest BCUT2D eigenvalue weighted by molar-refractivity contribution is 7.99. The molecule has 0 bridgehead atoms. The molecular weight excluding hydrogens is 380 g/mol. The van der Waals surface area contributed by atoms with Crippen molar-refractivity contribution in [2.75, 3.05) is 12.9 Å². The maximum Gasteiger partial charge on any atom is 0.337 e. The molecule has 142 valence electrons. The zero-order valence-electron chi connectivity index (χ0n) is 15.9. The normalized spacial score (nSPS) is 10.8. The number of thioether (sulfide) groups is 1. The van der Waals surface area contributed by atoms with E-state index in [1.165, 1.54) is 12.7 Å². The molecule has 1 aromatic heterocycles. The van der Waals surface area contributed by atoms with E-state index in [0.717, 1.165) is 38.7 Å². The Morgan fingerprint density at radius 1 is 1.07 bits per heavy atom. The van der Waals surface area contributed by atoms with E-state index in [1.807, 2.05) is 42.6 Å². The van der Waals surface area contributed by atoms with Crippen LogP contribution >= 0.6 is 11.8 Å². The summed E-state index contributed by atoms with van der Waals surface area (Å²) in [5.74, 6) is 0.603. The van der Waals surface area contributed by atoms with Crippen LogP contribution in [0, 0.1) is 6.57 Å². The van der Waals surface area contributed by atoms with Crippen LogP contribution in [0.25, 0.3) is 26.5 Å². The molecule has 0 spiro atoms. The number of nitrogens with zero attached hydrogens (tertiary/aromatic N) is 2. The summed E-state index contributed by atoms with van der Waals surface area (Å²) >= 11 is 1.77. The van der Waals surface area contributed by atoms with Gasteiger partial charge >= 0.3 is 5.97 Å². The summed E-state index contributed by atoms with van der Waals surface area (Å²) in [5.41, 5.74) is 3.35. The van der Waals surface area contributed by atoms with Crippen LogP contribution in [0.2, 0.25) is 0 Å². The van der Waals surface area contributed by atoms with Crippen molar-refractivity contribution in [2.45, 2.75) is 11.3 Å². The Bertz CT molecular complexity index is 1260. The fraction of sp³-hybridized carbons (Fsp3) is 0.125. The van der Waals surface area contributed by atoms with Crippen LogP contribution in [-0.4, -0.2) is 23.8 Å². The third-order valence-corrected chi connectivity index (χ3v) is 5.86. The Hall–Kier alpha value is -3.36. The van der Waals surface area contributed by atoms with E-state index in [-0.39, 0.29) is 5.97 Å². The smallest absolute Gasteiger partial charge is 0.337 e. The minimum atomic E-state index is -0.321. The minimum Gasteiger partial charge on any atom is -0.465 e. The van der Waals surface area contributed by atoms with Crippen molar-refractivity contribution in [2.24, 2.45) is 0 Å². The second kappa shape index (κ2) is 8.34. The first kappa shape index (κ1) is 19.0. The van der Waals surface area contributed by atoms with Gasteiger partial charge in [-0.25, -0.2) is 9.64 Å². The Morgan fingerprint density at radius 2 is 1.90 bits per heavy atom. The molecular formula is C24H18N2O2S. The summed E-state index contributed by atoms with van der Waals surface area (Å²) < 4.78 is 4.79. The molecule has 0 N–H and O–H groups in total. The van der Waals surface area contributed by atoms with Crippen molar-refractivity contribution < 1.29 is 9.53 Å². The molecule has 0 atom stereocenters. The van der Waals surface area contributed by atoms with E-state index < -0.39 is 0 Å². The van der Waals surface area contributed by atoms with E-state index in [4.69, 9.17) is 11.3 Å². The lowest BCUT2D eigenvalue weighted by molar-refractivity contribution is 0.0601. The summed E-state index contributed by atoms with van der Waals surface area (Å²) in [4.78, 5) is 20.7. The topological polar surface area (TPSA) is 43.5 Å². The van der Waals surface area contributed by atoms with Gasteiger partial charge in [-0.1, -0.05) is 30.3 Å². The SMILES string of the molecule is [C-]#[N+]c1ccc2nccc(SCCc3ccc4cc(C(=O)OC)ccc4c3)c2c1. The molecule has 5 heteroatoms. The van der Waals surface area contributed by atoms with Crippen molar-refractivity contribution in [3.63, 3.8) is 0 Å². The summed E-state index contributed by atoms with van der Waals surface area (Å²) in [6.45, 7) is 7.23. The zero-order chi connectivity index (χ0) is 20.2. The molecule has 29 heavy (non-hydrogen) atoms. The molecule has 0 aliphatic carbocycles. The number of ether oxygens (including phenoxy) is 1. The molecule has 1 heterocycles. The number of carbonyl (C=O) groups is 1. The standard InChI is InChI=1S/C24H18N2O2S/c1-25-20-7-8-22-21(15-20)23(9-11-26-22)29-12-10-16-3-4-18-14-19(24(27)28-2)6-5-17(18)13-16/h3-9,11,13-15H,10,12H2,2H3. The van der Waals surface area contributed by atoms with Crippen LogP contribution < -0.4 is 0 Å². The predicted molar refractivity (Wildman–Crippen MR) is 118 cm³/mol. The molecule has 0 fully saturated rings. The summed E-state index contributed by atoms with van der Waals surface area (Å²) in [6, 6.07) is 19.6. The number of methoxy groups -OCH3 is 1. The quantitative estimate of drug-likeness (QED) is 0.233. The van der Waals surface area contributed by atoms with Crippen LogP contribution in [0.5, 0.6) is 0 Å². The van der Waals surface area contributed by atoms with Gasteiger partial charge in [-0.15, -0.1) is 11.8 Å². The largest absolute Gasteiger partial charge is 0.465 e. The average molecular weight is 398 g/mol. The highest BCUT2D eigenvalue weighted by Crippen LogP contribution is 2.30. The molecule has 0 radical (unpaired) electrons. The second-order valence-corrected chi connectivity index (χ2v) is 7.75. The number of esters is 1. The zero-order valence-corrected chi connectivity index (χ0v) is 16.7. The van der Waals surface area contributed by atoms with Crippen molar-refractivity contribution >= 4 is 45.1 Å². The van der Waals surface area contributed by atoms with Gasteiger partial charge in [0.2, 0.25) is 0 Å². The molecule has 4 aromatic rings. The third-order valence-electron chi connectivity index (χ3n) is 4.79. The van der Waals surface area contributed by atoms with Crippen LogP contribution in [0.4, 0.5) is 5.69 Å². The van der Waals surface area contributed by atoms with Crippen molar-refractivity contribution in [3.8, 4) is 0 Å². The Kier molecular flexibility index (Phi) is 5.46. The predicted octanol–water partition coefficient (Wildman–Crippen LogP) is 6.06. The number of benzene rings is 3. The lowest BCUT2D eigenvalue weighted by Gasteiger charge is -2.08. The van der Waals surface area contributed by atoms with E-state index in [2.05, 4.69) is 22.0 Å². The van der Waals surface area contributed by atoms with E-state index in [9.17, 15) is 4.79 Å². The highest BCUT2D eigenvalue weighted by Gasteiger charge is 2.07. The van der Waals surface area contributed by atoms with Crippen LogP contribution in [0.1, 0.15) is 15.9 Å². The Balaban J connectivity index is 1.49. The van der Waals surface area contributed by atoms with E-state index in [1.54, 1.807) is 23.9 Å². The molecule has 0 aliphatic heterocycles. The number of aryl methyl sites for hydroxylation is 1. The minimum absolute atomic E-state index is 0.321. The van der Waals surface area contributed by atoms with E-state index in [0.29, 0.717) is 11.3 Å². The van der Waals surface area contributed by atoms with Crippen molar-refractivity contribution in [1.29, 1.82) is 0 Å². The van der Waals surface area contributed by atoms with Gasteiger partial charge in [0.1, 0.15) is 0 Å². The number of rotatable bonds is 5. The van der Waals surface area contributed by atoms with Gasteiger partial charge in [-0.3, -0.25) is 4.98 Å². The van der Waals surface area contributed by atoms with Gasteiger partial charge in [0, 0.05) is 22.2 Å². The Labute approximate surface area is 173 Å². The van der Waals surface area contributed by atoms with Crippen molar-refractivity contribution in [3.05, 3.63) is 89.4 Å². The highest BCUT2D eigenvalue weighted by atomic mass is 32.2. The second-order valence-electron chi connectivity index (χ2n) is 6.61. The van der Waals surface area contributed by atoms with E-state index >= 15 is 0 Å². The first-order valence-electron chi connectivity index (χ1n) is 9.18. The fourth-order valence-corrected chi connectivity index (χ4v) is 4.31. The molecule has 4 nitrogen and oxygen atoms in total. The monoisotopic (exact) mass is 398 g/mol. The number of pyridine rings is 1. The first-order chi connectivity index (χ1) is 14.2. The number of carbonyl (C=O) groups excluding carboxylic acids is 1. The van der Waals surface area contributed by atoms with Crippen molar-refractivity contribution in [1.82, 2.24) is 4.98 Å². The average Bonchev–Trinajstić information content (AvgIpc) is 2.78.